The highest BCUT2D eigenvalue weighted by Crippen LogP contribution is 2.15. The third-order valence-electron chi connectivity index (χ3n) is 5.05. The zero-order valence-electron chi connectivity index (χ0n) is 18.1. The molecule has 3 aromatic rings. The Hall–Kier alpha value is -3.45. The number of anilines is 1. The van der Waals surface area contributed by atoms with Crippen LogP contribution in [0.2, 0.25) is 0 Å². The van der Waals surface area contributed by atoms with Crippen LogP contribution in [0, 0.1) is 0 Å². The molecular formula is C25H26N2O4S. The summed E-state index contributed by atoms with van der Waals surface area (Å²) in [6.07, 6.45) is 0.118. The molecule has 0 bridgehead atoms. The Morgan fingerprint density at radius 1 is 0.844 bits per heavy atom. The molecule has 0 atom stereocenters. The van der Waals surface area contributed by atoms with Gasteiger partial charge in [-0.1, -0.05) is 49.4 Å². The maximum Gasteiger partial charge on any atom is 0.253 e. The zero-order chi connectivity index (χ0) is 23.1. The first kappa shape index (κ1) is 23.2. The second-order valence-electron chi connectivity index (χ2n) is 7.50. The van der Waals surface area contributed by atoms with Crippen molar-refractivity contribution in [3.8, 4) is 0 Å². The van der Waals surface area contributed by atoms with E-state index in [4.69, 9.17) is 0 Å². The second kappa shape index (κ2) is 10.2. The normalized spacial score (nSPS) is 11.1. The number of benzene rings is 3. The van der Waals surface area contributed by atoms with Crippen molar-refractivity contribution in [3.05, 3.63) is 95.6 Å². The monoisotopic (exact) mass is 450 g/mol. The Morgan fingerprint density at radius 2 is 1.47 bits per heavy atom. The third-order valence-corrected chi connectivity index (χ3v) is 6.80. The molecule has 0 spiro atoms. The summed E-state index contributed by atoms with van der Waals surface area (Å²) < 4.78 is 23.8. The highest BCUT2D eigenvalue weighted by atomic mass is 32.2. The van der Waals surface area contributed by atoms with E-state index in [1.165, 1.54) is 12.1 Å². The maximum absolute atomic E-state index is 12.6. The molecule has 3 rings (SSSR count). The van der Waals surface area contributed by atoms with Gasteiger partial charge in [0.25, 0.3) is 5.91 Å². The van der Waals surface area contributed by atoms with Crippen molar-refractivity contribution in [2.75, 3.05) is 18.1 Å². The van der Waals surface area contributed by atoms with Gasteiger partial charge in [0.1, 0.15) is 0 Å². The summed E-state index contributed by atoms with van der Waals surface area (Å²) in [6.45, 7) is 2.10. The van der Waals surface area contributed by atoms with E-state index < -0.39 is 9.84 Å². The van der Waals surface area contributed by atoms with Gasteiger partial charge in [-0.05, 0) is 47.5 Å². The molecule has 0 saturated heterocycles. The van der Waals surface area contributed by atoms with E-state index in [-0.39, 0.29) is 28.9 Å². The van der Waals surface area contributed by atoms with Crippen LogP contribution < -0.4 is 5.32 Å². The molecule has 0 unspecified atom stereocenters. The van der Waals surface area contributed by atoms with Crippen LogP contribution in [0.15, 0.2) is 83.8 Å². The molecule has 2 amide bonds. The minimum atomic E-state index is -3.26. The molecule has 0 saturated carbocycles. The van der Waals surface area contributed by atoms with Crippen molar-refractivity contribution >= 4 is 27.3 Å². The van der Waals surface area contributed by atoms with Gasteiger partial charge in [-0.2, -0.15) is 0 Å². The molecule has 0 radical (unpaired) electrons. The van der Waals surface area contributed by atoms with Gasteiger partial charge in [0.15, 0.2) is 9.84 Å². The molecule has 0 aromatic heterocycles. The van der Waals surface area contributed by atoms with Gasteiger partial charge in [-0.3, -0.25) is 9.59 Å². The smallest absolute Gasteiger partial charge is 0.253 e. The van der Waals surface area contributed by atoms with Crippen LogP contribution in [0.1, 0.15) is 28.4 Å². The van der Waals surface area contributed by atoms with Crippen molar-refractivity contribution < 1.29 is 18.0 Å². The van der Waals surface area contributed by atoms with Crippen LogP contribution in [0.5, 0.6) is 0 Å². The van der Waals surface area contributed by atoms with E-state index >= 15 is 0 Å². The summed E-state index contributed by atoms with van der Waals surface area (Å²) in [7, 11) is -1.51. The van der Waals surface area contributed by atoms with Crippen LogP contribution in [0.3, 0.4) is 0 Å². The average Bonchev–Trinajstić information content (AvgIpc) is 2.80. The van der Waals surface area contributed by atoms with E-state index in [9.17, 15) is 18.0 Å². The van der Waals surface area contributed by atoms with Crippen LogP contribution in [-0.4, -0.2) is 37.9 Å². The number of amides is 2. The fourth-order valence-corrected chi connectivity index (χ4v) is 4.10. The minimum absolute atomic E-state index is 0.0351. The van der Waals surface area contributed by atoms with E-state index in [0.29, 0.717) is 23.4 Å². The molecule has 166 valence electrons. The first-order valence-corrected chi connectivity index (χ1v) is 11.9. The topological polar surface area (TPSA) is 83.5 Å². The number of hydrogen-bond acceptors (Lipinski definition) is 4. The lowest BCUT2D eigenvalue weighted by molar-refractivity contribution is -0.115. The Labute approximate surface area is 188 Å². The Kier molecular flexibility index (Phi) is 7.43. The summed E-state index contributed by atoms with van der Waals surface area (Å²) >= 11 is 0. The molecule has 1 N–H and O–H groups in total. The first-order valence-electron chi connectivity index (χ1n) is 10.3. The van der Waals surface area contributed by atoms with Gasteiger partial charge in [0.2, 0.25) is 5.91 Å². The number of hydrogen-bond donors (Lipinski definition) is 1. The van der Waals surface area contributed by atoms with Gasteiger partial charge in [-0.25, -0.2) is 8.42 Å². The van der Waals surface area contributed by atoms with Crippen LogP contribution in [-0.2, 0) is 27.6 Å². The van der Waals surface area contributed by atoms with Crippen molar-refractivity contribution in [2.45, 2.75) is 24.8 Å². The van der Waals surface area contributed by atoms with Crippen molar-refractivity contribution in [3.63, 3.8) is 0 Å². The highest BCUT2D eigenvalue weighted by molar-refractivity contribution is 7.91. The Bertz CT molecular complexity index is 1170. The molecule has 3 aromatic carbocycles. The summed E-state index contributed by atoms with van der Waals surface area (Å²) in [6, 6.07) is 22.8. The average molecular weight is 451 g/mol. The van der Waals surface area contributed by atoms with Crippen LogP contribution in [0.4, 0.5) is 5.69 Å². The van der Waals surface area contributed by atoms with Gasteiger partial charge < -0.3 is 10.2 Å². The molecule has 0 heterocycles. The number of carbonyl (C=O) groups is 2. The lowest BCUT2D eigenvalue weighted by atomic mass is 10.1. The lowest BCUT2D eigenvalue weighted by Crippen LogP contribution is -2.26. The summed E-state index contributed by atoms with van der Waals surface area (Å²) in [5.74, 6) is -0.293. The molecular weight excluding hydrogens is 424 g/mol. The summed E-state index contributed by atoms with van der Waals surface area (Å²) in [4.78, 5) is 26.9. The number of sulfone groups is 1. The highest BCUT2D eigenvalue weighted by Gasteiger charge is 2.14. The Morgan fingerprint density at radius 3 is 2.06 bits per heavy atom. The van der Waals surface area contributed by atoms with Crippen molar-refractivity contribution in [1.29, 1.82) is 0 Å². The quantitative estimate of drug-likeness (QED) is 0.564. The third kappa shape index (κ3) is 6.04. The molecule has 0 fully saturated rings. The second-order valence-corrected chi connectivity index (χ2v) is 9.77. The zero-order valence-corrected chi connectivity index (χ0v) is 18.9. The van der Waals surface area contributed by atoms with Gasteiger partial charge in [0.05, 0.1) is 17.1 Å². The van der Waals surface area contributed by atoms with Crippen LogP contribution in [0.25, 0.3) is 0 Å². The van der Waals surface area contributed by atoms with Gasteiger partial charge in [0, 0.05) is 24.8 Å². The molecule has 32 heavy (non-hydrogen) atoms. The summed E-state index contributed by atoms with van der Waals surface area (Å²) in [5, 5.41) is 2.80. The number of nitrogens with zero attached hydrogens (tertiary/aromatic N) is 1. The van der Waals surface area contributed by atoms with E-state index in [1.807, 2.05) is 30.3 Å². The van der Waals surface area contributed by atoms with Crippen molar-refractivity contribution in [2.24, 2.45) is 0 Å². The minimum Gasteiger partial charge on any atom is -0.337 e. The van der Waals surface area contributed by atoms with Crippen LogP contribution >= 0.6 is 0 Å². The maximum atomic E-state index is 12.6. The predicted molar refractivity (Wildman–Crippen MR) is 125 cm³/mol. The number of rotatable bonds is 8. The SMILES string of the molecule is CCS(=O)(=O)c1ccc(CC(=O)Nc2ccc(C(=O)N(C)Cc3ccccc3)cc2)cc1. The van der Waals surface area contributed by atoms with Gasteiger partial charge >= 0.3 is 0 Å². The fourth-order valence-electron chi connectivity index (χ4n) is 3.22. The predicted octanol–water partition coefficient (Wildman–Crippen LogP) is 3.93. The largest absolute Gasteiger partial charge is 0.337 e. The summed E-state index contributed by atoms with van der Waals surface area (Å²) in [5.41, 5.74) is 2.89. The van der Waals surface area contributed by atoms with E-state index in [1.54, 1.807) is 55.3 Å². The first-order chi connectivity index (χ1) is 15.3. The van der Waals surface area contributed by atoms with Crippen molar-refractivity contribution in [1.82, 2.24) is 4.90 Å². The standard InChI is InChI=1S/C25H26N2O4S/c1-3-32(30,31)23-15-9-19(10-16-23)17-24(28)26-22-13-11-21(12-14-22)25(29)27(2)18-20-7-5-4-6-8-20/h4-16H,3,17-18H2,1-2H3,(H,26,28). The molecule has 7 heteroatoms. The molecule has 0 aliphatic carbocycles. The molecule has 0 aliphatic rings. The van der Waals surface area contributed by atoms with E-state index in [0.717, 1.165) is 5.56 Å². The van der Waals surface area contributed by atoms with Gasteiger partial charge in [-0.15, -0.1) is 0 Å². The fraction of sp³-hybridized carbons (Fsp3) is 0.200. The number of carbonyl (C=O) groups excluding carboxylic acids is 2. The molecule has 0 aliphatic heterocycles. The lowest BCUT2D eigenvalue weighted by Gasteiger charge is -2.17. The molecule has 6 nitrogen and oxygen atoms in total. The number of nitrogens with one attached hydrogen (secondary N) is 1. The van der Waals surface area contributed by atoms with E-state index in [2.05, 4.69) is 5.32 Å². The Balaban J connectivity index is 1.57.